The van der Waals surface area contributed by atoms with Gasteiger partial charge in [0, 0.05) is 4.88 Å². The van der Waals surface area contributed by atoms with Crippen LogP contribution < -0.4 is 21.4 Å². The Labute approximate surface area is 210 Å². The Hall–Kier alpha value is -2.20. The number of hydrogen-bond donors (Lipinski definition) is 3. The van der Waals surface area contributed by atoms with Crippen LogP contribution in [0.25, 0.3) is 11.5 Å². The van der Waals surface area contributed by atoms with Crippen molar-refractivity contribution in [1.29, 1.82) is 0 Å². The highest BCUT2D eigenvalue weighted by Crippen LogP contribution is 2.40. The van der Waals surface area contributed by atoms with Gasteiger partial charge in [-0.25, -0.2) is 15.2 Å². The van der Waals surface area contributed by atoms with E-state index in [2.05, 4.69) is 29.0 Å². The van der Waals surface area contributed by atoms with E-state index in [0.29, 0.717) is 35.3 Å². The zero-order valence-electron chi connectivity index (χ0n) is 21.3. The molecule has 2 aromatic rings. The van der Waals surface area contributed by atoms with Gasteiger partial charge in [-0.2, -0.15) is 0 Å². The molecule has 0 bridgehead atoms. The number of carbonyl (C=O) groups is 2. The second-order valence-electron chi connectivity index (χ2n) is 8.35. The summed E-state index contributed by atoms with van der Waals surface area (Å²) in [7, 11) is -3.83. The molecule has 35 heavy (non-hydrogen) atoms. The fraction of sp³-hybridized carbons (Fsp3) is 0.609. The summed E-state index contributed by atoms with van der Waals surface area (Å²) in [6.07, 6.45) is 1.39. The molecule has 196 valence electrons. The molecule has 12 heteroatoms. The molecular formula is C23H37N4O6PS. The Balaban J connectivity index is 2.49. The second kappa shape index (κ2) is 13.2. The van der Waals surface area contributed by atoms with E-state index in [1.165, 1.54) is 11.3 Å². The SMILES string of the molecule is CCOC(=O)[C@H](CC)NP(=O)(N[C@@H](CC)C(=O)OCC)c1ccc(-c2nc(N)sc2CC(C)C)o1. The number of ether oxygens (including phenoxy) is 2. The van der Waals surface area contributed by atoms with Gasteiger partial charge in [0.05, 0.1) is 13.2 Å². The van der Waals surface area contributed by atoms with E-state index in [0.717, 1.165) is 11.3 Å². The van der Waals surface area contributed by atoms with Gasteiger partial charge in [0.1, 0.15) is 17.8 Å². The molecular weight excluding hydrogens is 491 g/mol. The first-order valence-corrected chi connectivity index (χ1v) is 14.4. The van der Waals surface area contributed by atoms with Crippen molar-refractivity contribution in [2.24, 2.45) is 5.92 Å². The molecule has 0 spiro atoms. The number of anilines is 1. The largest absolute Gasteiger partial charge is 0.465 e. The number of esters is 2. The molecule has 0 aliphatic carbocycles. The van der Waals surface area contributed by atoms with Gasteiger partial charge in [-0.05, 0) is 51.2 Å². The van der Waals surface area contributed by atoms with Crippen LogP contribution in [0.3, 0.4) is 0 Å². The minimum atomic E-state index is -3.83. The summed E-state index contributed by atoms with van der Waals surface area (Å²) in [5, 5.41) is 6.18. The molecule has 0 aliphatic heterocycles. The van der Waals surface area contributed by atoms with Gasteiger partial charge in [-0.15, -0.1) is 11.3 Å². The first kappa shape index (κ1) is 29.0. The summed E-state index contributed by atoms with van der Waals surface area (Å²) in [5.74, 6) is -0.304. The fourth-order valence-corrected chi connectivity index (χ4v) is 6.75. The van der Waals surface area contributed by atoms with E-state index in [1.807, 2.05) is 0 Å². The number of nitrogen functional groups attached to an aromatic ring is 1. The Morgan fingerprint density at radius 2 is 1.60 bits per heavy atom. The topological polar surface area (TPSA) is 146 Å². The highest BCUT2D eigenvalue weighted by Gasteiger charge is 2.38. The molecule has 0 saturated carbocycles. The van der Waals surface area contributed by atoms with Gasteiger partial charge in [-0.3, -0.25) is 14.2 Å². The molecule has 10 nitrogen and oxygen atoms in total. The van der Waals surface area contributed by atoms with Gasteiger partial charge in [0.2, 0.25) is 0 Å². The maximum Gasteiger partial charge on any atom is 0.323 e. The maximum atomic E-state index is 14.3. The van der Waals surface area contributed by atoms with Crippen molar-refractivity contribution >= 4 is 41.4 Å². The van der Waals surface area contributed by atoms with Crippen molar-refractivity contribution in [3.63, 3.8) is 0 Å². The van der Waals surface area contributed by atoms with Crippen molar-refractivity contribution in [1.82, 2.24) is 15.2 Å². The minimum Gasteiger partial charge on any atom is -0.465 e. The Morgan fingerprint density at radius 3 is 2.06 bits per heavy atom. The van der Waals surface area contributed by atoms with Gasteiger partial charge in [-0.1, -0.05) is 27.7 Å². The molecule has 2 aromatic heterocycles. The first-order chi connectivity index (χ1) is 16.6. The lowest BCUT2D eigenvalue weighted by Crippen LogP contribution is -2.46. The standard InChI is InChI=1S/C23H37N4O6PS/c1-7-15(21(28)31-9-3)26-34(30,27-16(8-2)22(29)32-10-4)19-12-11-17(33-19)20-18(13-14(5)6)35-23(24)25-20/h11-12,14-16H,7-10,13H2,1-6H3,(H2,24,25)(H2,26,27,30)/t15-,16-/m0/s1. The molecule has 0 amide bonds. The highest BCUT2D eigenvalue weighted by atomic mass is 32.1. The van der Waals surface area contributed by atoms with Crippen LogP contribution in [0.1, 0.15) is 59.3 Å². The number of furan rings is 1. The number of hydrogen-bond acceptors (Lipinski definition) is 9. The monoisotopic (exact) mass is 528 g/mol. The first-order valence-electron chi connectivity index (χ1n) is 11.9. The Kier molecular flexibility index (Phi) is 11.0. The highest BCUT2D eigenvalue weighted by molar-refractivity contribution is 7.67. The maximum absolute atomic E-state index is 14.3. The Bertz CT molecular complexity index is 1010. The molecule has 0 unspecified atom stereocenters. The van der Waals surface area contributed by atoms with E-state index < -0.39 is 31.5 Å². The average Bonchev–Trinajstić information content (AvgIpc) is 3.42. The van der Waals surface area contributed by atoms with E-state index in [9.17, 15) is 14.2 Å². The summed E-state index contributed by atoms with van der Waals surface area (Å²) in [4.78, 5) is 30.3. The molecule has 0 fully saturated rings. The number of rotatable bonds is 14. The van der Waals surface area contributed by atoms with Gasteiger partial charge in [0.25, 0.3) is 7.44 Å². The molecule has 2 atom stereocenters. The second-order valence-corrected chi connectivity index (χ2v) is 11.6. The molecule has 0 radical (unpaired) electrons. The summed E-state index contributed by atoms with van der Waals surface area (Å²) >= 11 is 1.39. The van der Waals surface area contributed by atoms with Crippen molar-refractivity contribution in [3.05, 3.63) is 17.0 Å². The number of aromatic nitrogens is 1. The van der Waals surface area contributed by atoms with E-state index in [1.54, 1.807) is 39.8 Å². The molecule has 2 heterocycles. The zero-order valence-corrected chi connectivity index (χ0v) is 23.0. The normalized spacial score (nSPS) is 13.6. The third-order valence-corrected chi connectivity index (χ3v) is 8.20. The van der Waals surface area contributed by atoms with Crippen molar-refractivity contribution < 1.29 is 28.0 Å². The lowest BCUT2D eigenvalue weighted by atomic mass is 10.1. The average molecular weight is 529 g/mol. The van der Waals surface area contributed by atoms with Crippen LogP contribution in [-0.2, 0) is 30.0 Å². The van der Waals surface area contributed by atoms with Gasteiger partial charge < -0.3 is 19.6 Å². The zero-order chi connectivity index (χ0) is 26.2. The number of carbonyl (C=O) groups excluding carboxylic acids is 2. The van der Waals surface area contributed by atoms with Crippen molar-refractivity contribution in [3.8, 4) is 11.5 Å². The lowest BCUT2D eigenvalue weighted by Gasteiger charge is -2.26. The van der Waals surface area contributed by atoms with E-state index in [-0.39, 0.29) is 18.7 Å². The third-order valence-electron chi connectivity index (χ3n) is 5.08. The van der Waals surface area contributed by atoms with Gasteiger partial charge >= 0.3 is 11.9 Å². The number of thiazole rings is 1. The van der Waals surface area contributed by atoms with Crippen LogP contribution in [0.2, 0.25) is 0 Å². The predicted molar refractivity (Wildman–Crippen MR) is 138 cm³/mol. The van der Waals surface area contributed by atoms with Crippen LogP contribution in [0.5, 0.6) is 0 Å². The van der Waals surface area contributed by atoms with Crippen molar-refractivity contribution in [2.45, 2.75) is 72.9 Å². The summed E-state index contributed by atoms with van der Waals surface area (Å²) in [5.41, 5.74) is 6.61. The summed E-state index contributed by atoms with van der Waals surface area (Å²) in [6.45, 7) is 11.5. The molecule has 0 aromatic carbocycles. The van der Waals surface area contributed by atoms with Crippen LogP contribution >= 0.6 is 18.8 Å². The lowest BCUT2D eigenvalue weighted by molar-refractivity contribution is -0.145. The van der Waals surface area contributed by atoms with E-state index >= 15 is 0 Å². The van der Waals surface area contributed by atoms with Crippen LogP contribution in [0.4, 0.5) is 5.13 Å². The number of nitrogens with zero attached hydrogens (tertiary/aromatic N) is 1. The molecule has 4 N–H and O–H groups in total. The quantitative estimate of drug-likeness (QED) is 0.244. The Morgan fingerprint density at radius 1 is 1.06 bits per heavy atom. The van der Waals surface area contributed by atoms with Crippen LogP contribution in [-0.4, -0.2) is 42.2 Å². The number of nitrogens with two attached hydrogens (primary N) is 1. The summed E-state index contributed by atoms with van der Waals surface area (Å²) in [6, 6.07) is 1.46. The van der Waals surface area contributed by atoms with Crippen LogP contribution in [0.15, 0.2) is 16.5 Å². The molecule has 2 rings (SSSR count). The van der Waals surface area contributed by atoms with Crippen molar-refractivity contribution in [2.75, 3.05) is 18.9 Å². The predicted octanol–water partition coefficient (Wildman–Crippen LogP) is 3.86. The molecule has 0 aliphatic rings. The fourth-order valence-electron chi connectivity index (χ4n) is 3.41. The van der Waals surface area contributed by atoms with Gasteiger partial charge in [0.15, 0.2) is 16.4 Å². The number of nitrogens with one attached hydrogen (secondary N) is 2. The van der Waals surface area contributed by atoms with Crippen LogP contribution in [0, 0.1) is 5.92 Å². The molecule has 0 saturated heterocycles. The third kappa shape index (κ3) is 7.64. The van der Waals surface area contributed by atoms with E-state index in [4.69, 9.17) is 19.6 Å². The summed E-state index contributed by atoms with van der Waals surface area (Å²) < 4.78 is 30.6. The minimum absolute atomic E-state index is 0.0556. The smallest absolute Gasteiger partial charge is 0.323 e.